The Morgan fingerprint density at radius 1 is 0.462 bits per heavy atom. The summed E-state index contributed by atoms with van der Waals surface area (Å²) in [6.45, 7) is 22.5. The number of nitrogens with zero attached hydrogens (tertiary/aromatic N) is 2. The molecular weight excluding hydrogens is 785 g/mol. The summed E-state index contributed by atoms with van der Waals surface area (Å²) < 4.78 is 0. The summed E-state index contributed by atoms with van der Waals surface area (Å²) in [5.74, 6) is 2.02. The molecule has 0 amide bonds. The van der Waals surface area contributed by atoms with Gasteiger partial charge < -0.3 is 9.80 Å². The highest BCUT2D eigenvalue weighted by Crippen LogP contribution is 2.53. The van der Waals surface area contributed by atoms with Gasteiger partial charge in [0.1, 0.15) is 0 Å². The third kappa shape index (κ3) is 9.16. The molecule has 0 spiro atoms. The Morgan fingerprint density at radius 2 is 0.815 bits per heavy atom. The molecular formula is C63H72N2. The lowest BCUT2D eigenvalue weighted by Crippen LogP contribution is -2.16. The molecule has 0 aromatic heterocycles. The van der Waals surface area contributed by atoms with Crippen LogP contribution in [0.1, 0.15) is 177 Å². The summed E-state index contributed by atoms with van der Waals surface area (Å²) in [6, 6.07) is 52.6. The average molecular weight is 857 g/mol. The SMILES string of the molecule is C=C(C)c1ccc(N(c2ccc(C(C)C)cc2)c2c3ccc(C4CCCCC4)cc3c(N(c3ccc(C(C)C)cc3)c3ccc(C(C)(C)C)cc3)c3ccc(C4CCCCC4)cc23)cc1. The van der Waals surface area contributed by atoms with Crippen molar-refractivity contribution in [1.82, 2.24) is 0 Å². The number of benzene rings is 7. The molecule has 2 fully saturated rings. The molecule has 65 heavy (non-hydrogen) atoms. The lowest BCUT2D eigenvalue weighted by molar-refractivity contribution is 0.444. The summed E-state index contributed by atoms with van der Waals surface area (Å²) in [6.07, 6.45) is 12.9. The van der Waals surface area contributed by atoms with Gasteiger partial charge in [-0.15, -0.1) is 0 Å². The van der Waals surface area contributed by atoms with E-state index in [0.29, 0.717) is 23.7 Å². The fraction of sp³-hybridized carbons (Fsp3) is 0.365. The Morgan fingerprint density at radius 3 is 1.15 bits per heavy atom. The van der Waals surface area contributed by atoms with Crippen LogP contribution in [-0.4, -0.2) is 0 Å². The van der Waals surface area contributed by atoms with E-state index in [1.54, 1.807) is 0 Å². The minimum Gasteiger partial charge on any atom is -0.309 e. The Hall–Kier alpha value is -5.60. The fourth-order valence-corrected chi connectivity index (χ4v) is 10.9. The van der Waals surface area contributed by atoms with E-state index in [-0.39, 0.29) is 5.41 Å². The molecule has 0 heterocycles. The van der Waals surface area contributed by atoms with E-state index in [0.717, 1.165) is 11.3 Å². The Bertz CT molecular complexity index is 2750. The van der Waals surface area contributed by atoms with Gasteiger partial charge >= 0.3 is 0 Å². The van der Waals surface area contributed by atoms with Crippen LogP contribution in [-0.2, 0) is 5.41 Å². The van der Waals surface area contributed by atoms with Crippen LogP contribution in [0.3, 0.4) is 0 Å². The van der Waals surface area contributed by atoms with Crippen molar-refractivity contribution in [2.24, 2.45) is 0 Å². The van der Waals surface area contributed by atoms with Crippen LogP contribution in [0.15, 0.2) is 140 Å². The smallest absolute Gasteiger partial charge is 0.0620 e. The highest BCUT2D eigenvalue weighted by molar-refractivity contribution is 6.23. The number of anilines is 6. The van der Waals surface area contributed by atoms with Gasteiger partial charge in [-0.3, -0.25) is 0 Å². The van der Waals surface area contributed by atoms with E-state index in [1.165, 1.54) is 148 Å². The molecule has 0 aliphatic heterocycles. The Labute approximate surface area is 391 Å². The molecule has 9 rings (SSSR count). The predicted molar refractivity (Wildman–Crippen MR) is 284 cm³/mol. The molecule has 2 heteroatoms. The van der Waals surface area contributed by atoms with Crippen LogP contribution in [0.2, 0.25) is 0 Å². The quantitative estimate of drug-likeness (QED) is 0.0945. The minimum absolute atomic E-state index is 0.0487. The van der Waals surface area contributed by atoms with Crippen molar-refractivity contribution in [2.75, 3.05) is 9.80 Å². The van der Waals surface area contributed by atoms with Crippen LogP contribution in [0.25, 0.3) is 27.1 Å². The van der Waals surface area contributed by atoms with Crippen molar-refractivity contribution in [3.63, 3.8) is 0 Å². The highest BCUT2D eigenvalue weighted by atomic mass is 15.2. The lowest BCUT2D eigenvalue weighted by atomic mass is 9.81. The lowest BCUT2D eigenvalue weighted by Gasteiger charge is -2.34. The van der Waals surface area contributed by atoms with Crippen LogP contribution in [0.5, 0.6) is 0 Å². The van der Waals surface area contributed by atoms with E-state index < -0.39 is 0 Å². The van der Waals surface area contributed by atoms with E-state index in [9.17, 15) is 0 Å². The van der Waals surface area contributed by atoms with E-state index in [1.807, 2.05) is 0 Å². The van der Waals surface area contributed by atoms with Crippen molar-refractivity contribution >= 4 is 61.2 Å². The molecule has 2 nitrogen and oxygen atoms in total. The van der Waals surface area contributed by atoms with Crippen LogP contribution >= 0.6 is 0 Å². The zero-order valence-electron chi connectivity index (χ0n) is 40.7. The number of hydrogen-bond acceptors (Lipinski definition) is 2. The normalized spacial score (nSPS) is 15.3. The molecule has 0 N–H and O–H groups in total. The van der Waals surface area contributed by atoms with Gasteiger partial charge in [0.05, 0.1) is 11.4 Å². The molecule has 0 saturated heterocycles. The van der Waals surface area contributed by atoms with E-state index >= 15 is 0 Å². The first-order valence-electron chi connectivity index (χ1n) is 25.1. The molecule has 0 bridgehead atoms. The minimum atomic E-state index is 0.0487. The monoisotopic (exact) mass is 857 g/mol. The van der Waals surface area contributed by atoms with Gasteiger partial charge in [0.25, 0.3) is 0 Å². The number of rotatable bonds is 11. The molecule has 2 aliphatic carbocycles. The van der Waals surface area contributed by atoms with Gasteiger partial charge in [-0.2, -0.15) is 0 Å². The zero-order chi connectivity index (χ0) is 45.4. The first-order valence-corrected chi connectivity index (χ1v) is 25.1. The topological polar surface area (TPSA) is 6.48 Å². The number of allylic oxidation sites excluding steroid dienone is 1. The third-order valence-electron chi connectivity index (χ3n) is 15.0. The van der Waals surface area contributed by atoms with E-state index in [2.05, 4.69) is 205 Å². The molecule has 2 aliphatic rings. The van der Waals surface area contributed by atoms with Gasteiger partial charge in [0, 0.05) is 44.3 Å². The van der Waals surface area contributed by atoms with Crippen LogP contribution in [0.4, 0.5) is 34.1 Å². The van der Waals surface area contributed by atoms with Gasteiger partial charge in [0.2, 0.25) is 0 Å². The second-order valence-corrected chi connectivity index (χ2v) is 21.3. The first kappa shape index (κ1) is 44.6. The molecule has 7 aromatic carbocycles. The van der Waals surface area contributed by atoms with Crippen molar-refractivity contribution in [3.8, 4) is 0 Å². The number of hydrogen-bond donors (Lipinski definition) is 0. The second kappa shape index (κ2) is 18.7. The molecule has 334 valence electrons. The second-order valence-electron chi connectivity index (χ2n) is 21.3. The van der Waals surface area contributed by atoms with Gasteiger partial charge in [-0.25, -0.2) is 0 Å². The maximum Gasteiger partial charge on any atom is 0.0620 e. The Kier molecular flexibility index (Phi) is 12.8. The van der Waals surface area contributed by atoms with Gasteiger partial charge in [0.15, 0.2) is 0 Å². The van der Waals surface area contributed by atoms with Crippen molar-refractivity contribution in [3.05, 3.63) is 173 Å². The van der Waals surface area contributed by atoms with Crippen molar-refractivity contribution < 1.29 is 0 Å². The molecule has 0 unspecified atom stereocenters. The molecule has 0 atom stereocenters. The maximum absolute atomic E-state index is 4.31. The molecule has 7 aromatic rings. The largest absolute Gasteiger partial charge is 0.309 e. The van der Waals surface area contributed by atoms with E-state index in [4.69, 9.17) is 0 Å². The summed E-state index contributed by atoms with van der Waals surface area (Å²) in [5.41, 5.74) is 16.5. The fourth-order valence-electron chi connectivity index (χ4n) is 10.9. The first-order chi connectivity index (χ1) is 31.4. The Balaban J connectivity index is 1.42. The standard InChI is InChI=1S/C63H72N2/c1-42(2)45-20-30-53(31-21-45)64(54-32-22-46(23-33-54)43(3)4)61-57-38-26-51(49-18-14-11-15-19-49)41-60(57)62(58-39-27-50(40-59(58)61)48-16-12-10-13-17-48)65(55-34-24-47(25-35-55)44(5)6)56-36-28-52(29-37-56)63(7,8)9/h20-41,43-44,48-49H,1,10-19H2,2-9H3. The third-order valence-corrected chi connectivity index (χ3v) is 15.0. The highest BCUT2D eigenvalue weighted by Gasteiger charge is 2.29. The summed E-state index contributed by atoms with van der Waals surface area (Å²) >= 11 is 0. The predicted octanol–water partition coefficient (Wildman–Crippen LogP) is 19.6. The van der Waals surface area contributed by atoms with Crippen LogP contribution < -0.4 is 9.80 Å². The van der Waals surface area contributed by atoms with Gasteiger partial charge in [-0.05, 0) is 156 Å². The maximum atomic E-state index is 4.31. The van der Waals surface area contributed by atoms with Crippen molar-refractivity contribution in [2.45, 2.75) is 149 Å². The summed E-state index contributed by atoms with van der Waals surface area (Å²) in [5, 5.41) is 5.16. The van der Waals surface area contributed by atoms with Gasteiger partial charge in [-0.1, -0.05) is 172 Å². The molecule has 2 saturated carbocycles. The zero-order valence-corrected chi connectivity index (χ0v) is 40.7. The van der Waals surface area contributed by atoms with Crippen LogP contribution in [0, 0.1) is 0 Å². The summed E-state index contributed by atoms with van der Waals surface area (Å²) in [7, 11) is 0. The average Bonchev–Trinajstić information content (AvgIpc) is 3.33. The van der Waals surface area contributed by atoms with Crippen molar-refractivity contribution in [1.29, 1.82) is 0 Å². The molecule has 0 radical (unpaired) electrons. The summed E-state index contributed by atoms with van der Waals surface area (Å²) in [4.78, 5) is 5.17. The number of fused-ring (bicyclic) bond motifs is 2.